The van der Waals surface area contributed by atoms with E-state index in [2.05, 4.69) is 45.9 Å². The fraction of sp³-hybridized carbons (Fsp3) is 0.368. The molecule has 112 valence electrons. The molecular formula is C19H25NO. The molecule has 0 radical (unpaired) electrons. The third-order valence-electron chi connectivity index (χ3n) is 3.65. The van der Waals surface area contributed by atoms with Gasteiger partial charge < -0.3 is 10.5 Å². The summed E-state index contributed by atoms with van der Waals surface area (Å²) in [7, 11) is 0. The molecule has 2 aromatic carbocycles. The highest BCUT2D eigenvalue weighted by atomic mass is 16.5. The van der Waals surface area contributed by atoms with Crippen molar-refractivity contribution in [3.63, 3.8) is 0 Å². The van der Waals surface area contributed by atoms with Gasteiger partial charge in [-0.15, -0.1) is 0 Å². The molecule has 21 heavy (non-hydrogen) atoms. The highest BCUT2D eigenvalue weighted by Crippen LogP contribution is 2.37. The third-order valence-corrected chi connectivity index (χ3v) is 3.65. The van der Waals surface area contributed by atoms with E-state index in [-0.39, 0.29) is 5.41 Å². The first-order valence-electron chi connectivity index (χ1n) is 7.48. The van der Waals surface area contributed by atoms with E-state index in [9.17, 15) is 0 Å². The van der Waals surface area contributed by atoms with E-state index in [1.54, 1.807) is 0 Å². The zero-order valence-corrected chi connectivity index (χ0v) is 13.7. The van der Waals surface area contributed by atoms with Crippen molar-refractivity contribution in [2.75, 3.05) is 5.73 Å². The molecule has 0 aliphatic rings. The molecular weight excluding hydrogens is 258 g/mol. The molecule has 2 N–H and O–H groups in total. The molecule has 0 saturated carbocycles. The fourth-order valence-electron chi connectivity index (χ4n) is 2.32. The minimum absolute atomic E-state index is 0.0269. The van der Waals surface area contributed by atoms with Crippen LogP contribution in [0.25, 0.3) is 0 Å². The zero-order chi connectivity index (χ0) is 15.6. The Morgan fingerprint density at radius 1 is 1.00 bits per heavy atom. The Kier molecular flexibility index (Phi) is 4.26. The van der Waals surface area contributed by atoms with Crippen LogP contribution in [0.5, 0.6) is 11.5 Å². The number of nitrogen functional groups attached to an aromatic ring is 1. The van der Waals surface area contributed by atoms with E-state index < -0.39 is 0 Å². The summed E-state index contributed by atoms with van der Waals surface area (Å²) >= 11 is 0. The van der Waals surface area contributed by atoms with E-state index in [1.807, 2.05) is 25.1 Å². The summed E-state index contributed by atoms with van der Waals surface area (Å²) in [5.74, 6) is 1.61. The van der Waals surface area contributed by atoms with Crippen LogP contribution in [0.2, 0.25) is 0 Å². The lowest BCUT2D eigenvalue weighted by atomic mass is 9.85. The van der Waals surface area contributed by atoms with Crippen LogP contribution >= 0.6 is 0 Å². The molecule has 0 fully saturated rings. The lowest BCUT2D eigenvalue weighted by molar-refractivity contribution is 0.456. The lowest BCUT2D eigenvalue weighted by Crippen LogP contribution is -2.13. The molecule has 2 heteroatoms. The maximum absolute atomic E-state index is 6.12. The number of aryl methyl sites for hydroxylation is 2. The van der Waals surface area contributed by atoms with Crippen molar-refractivity contribution in [2.45, 2.75) is 46.5 Å². The van der Waals surface area contributed by atoms with Gasteiger partial charge in [-0.25, -0.2) is 0 Å². The second-order valence-electron chi connectivity index (χ2n) is 6.58. The number of ether oxygens (including phenoxy) is 1. The molecule has 0 amide bonds. The van der Waals surface area contributed by atoms with Crippen LogP contribution in [0.1, 0.15) is 44.4 Å². The van der Waals surface area contributed by atoms with Gasteiger partial charge in [0, 0.05) is 5.56 Å². The maximum atomic E-state index is 6.12. The van der Waals surface area contributed by atoms with Gasteiger partial charge in [-0.3, -0.25) is 0 Å². The van der Waals surface area contributed by atoms with Crippen LogP contribution < -0.4 is 10.5 Å². The third kappa shape index (κ3) is 3.57. The van der Waals surface area contributed by atoms with E-state index in [0.29, 0.717) is 5.69 Å². The van der Waals surface area contributed by atoms with Crippen molar-refractivity contribution in [1.82, 2.24) is 0 Å². The van der Waals surface area contributed by atoms with Gasteiger partial charge >= 0.3 is 0 Å². The van der Waals surface area contributed by atoms with Crippen LogP contribution in [0, 0.1) is 6.92 Å². The average Bonchev–Trinajstić information content (AvgIpc) is 2.42. The Hall–Kier alpha value is -1.96. The van der Waals surface area contributed by atoms with Gasteiger partial charge in [-0.05, 0) is 48.1 Å². The molecule has 2 aromatic rings. The van der Waals surface area contributed by atoms with Crippen molar-refractivity contribution in [1.29, 1.82) is 0 Å². The van der Waals surface area contributed by atoms with Crippen LogP contribution in [-0.2, 0) is 11.8 Å². The van der Waals surface area contributed by atoms with Crippen molar-refractivity contribution in [3.05, 3.63) is 53.1 Å². The Morgan fingerprint density at radius 2 is 1.71 bits per heavy atom. The number of rotatable bonds is 3. The minimum Gasteiger partial charge on any atom is -0.455 e. The van der Waals surface area contributed by atoms with Crippen molar-refractivity contribution >= 4 is 5.69 Å². The monoisotopic (exact) mass is 283 g/mol. The molecule has 0 unspecified atom stereocenters. The summed E-state index contributed by atoms with van der Waals surface area (Å²) < 4.78 is 6.12. The molecule has 0 aliphatic carbocycles. The number of benzene rings is 2. The van der Waals surface area contributed by atoms with Gasteiger partial charge in [0.2, 0.25) is 0 Å². The van der Waals surface area contributed by atoms with Gasteiger partial charge in [0.05, 0.1) is 5.69 Å². The van der Waals surface area contributed by atoms with Gasteiger partial charge in [0.1, 0.15) is 5.75 Å². The molecule has 0 aromatic heterocycles. The SMILES string of the molecule is CCc1ccc(Oc2cc(C)ccc2N)c(C(C)(C)C)c1. The first-order chi connectivity index (χ1) is 9.81. The first kappa shape index (κ1) is 15.4. The van der Waals surface area contributed by atoms with E-state index in [0.717, 1.165) is 23.5 Å². The number of nitrogens with two attached hydrogens (primary N) is 1. The van der Waals surface area contributed by atoms with E-state index >= 15 is 0 Å². The average molecular weight is 283 g/mol. The molecule has 0 atom stereocenters. The Morgan fingerprint density at radius 3 is 2.33 bits per heavy atom. The zero-order valence-electron chi connectivity index (χ0n) is 13.7. The summed E-state index contributed by atoms with van der Waals surface area (Å²) in [6.07, 6.45) is 1.02. The number of hydrogen-bond acceptors (Lipinski definition) is 2. The first-order valence-corrected chi connectivity index (χ1v) is 7.48. The van der Waals surface area contributed by atoms with Gasteiger partial charge in [-0.2, -0.15) is 0 Å². The summed E-state index contributed by atoms with van der Waals surface area (Å²) in [5, 5.41) is 0. The van der Waals surface area contributed by atoms with E-state index in [1.165, 1.54) is 11.1 Å². The van der Waals surface area contributed by atoms with Crippen molar-refractivity contribution in [2.24, 2.45) is 0 Å². The molecule has 0 saturated heterocycles. The van der Waals surface area contributed by atoms with Crippen LogP contribution in [0.3, 0.4) is 0 Å². The number of hydrogen-bond donors (Lipinski definition) is 1. The molecule has 2 nitrogen and oxygen atoms in total. The van der Waals surface area contributed by atoms with Crippen molar-refractivity contribution < 1.29 is 4.74 Å². The second kappa shape index (κ2) is 5.80. The lowest BCUT2D eigenvalue weighted by Gasteiger charge is -2.24. The Balaban J connectivity index is 2.46. The largest absolute Gasteiger partial charge is 0.455 e. The summed E-state index contributed by atoms with van der Waals surface area (Å²) in [6.45, 7) is 10.8. The van der Waals surface area contributed by atoms with Crippen molar-refractivity contribution in [3.8, 4) is 11.5 Å². The predicted molar refractivity (Wildman–Crippen MR) is 90.2 cm³/mol. The number of anilines is 1. The van der Waals surface area contributed by atoms with E-state index in [4.69, 9.17) is 10.5 Å². The van der Waals surface area contributed by atoms with Crippen LogP contribution in [0.4, 0.5) is 5.69 Å². The molecule has 0 bridgehead atoms. The smallest absolute Gasteiger partial charge is 0.150 e. The molecule has 2 rings (SSSR count). The Bertz CT molecular complexity index is 638. The standard InChI is InChI=1S/C19H25NO/c1-6-14-8-10-17(15(12-14)19(3,4)5)21-18-11-13(2)7-9-16(18)20/h7-12H,6,20H2,1-5H3. The molecule has 0 heterocycles. The van der Waals surface area contributed by atoms with Crippen LogP contribution in [0.15, 0.2) is 36.4 Å². The quantitative estimate of drug-likeness (QED) is 0.783. The maximum Gasteiger partial charge on any atom is 0.150 e. The Labute approximate surface area is 127 Å². The van der Waals surface area contributed by atoms with Gasteiger partial charge in [-0.1, -0.05) is 45.9 Å². The predicted octanol–water partition coefficient (Wildman–Crippen LogP) is 5.23. The van der Waals surface area contributed by atoms with Gasteiger partial charge in [0.25, 0.3) is 0 Å². The highest BCUT2D eigenvalue weighted by molar-refractivity contribution is 5.56. The fourth-order valence-corrected chi connectivity index (χ4v) is 2.32. The van der Waals surface area contributed by atoms with Crippen LogP contribution in [-0.4, -0.2) is 0 Å². The highest BCUT2D eigenvalue weighted by Gasteiger charge is 2.20. The topological polar surface area (TPSA) is 35.2 Å². The molecule has 0 spiro atoms. The molecule has 0 aliphatic heterocycles. The normalized spacial score (nSPS) is 11.5. The summed E-state index contributed by atoms with van der Waals surface area (Å²) in [6, 6.07) is 12.3. The second-order valence-corrected chi connectivity index (χ2v) is 6.58. The minimum atomic E-state index is 0.0269. The summed E-state index contributed by atoms with van der Waals surface area (Å²) in [5.41, 5.74) is 10.4. The van der Waals surface area contributed by atoms with Gasteiger partial charge in [0.15, 0.2) is 5.75 Å². The summed E-state index contributed by atoms with van der Waals surface area (Å²) in [4.78, 5) is 0.